The molecule has 114 valence electrons. The van der Waals surface area contributed by atoms with Gasteiger partial charge in [-0.2, -0.15) is 4.37 Å². The average molecular weight is 305 g/mol. The van der Waals surface area contributed by atoms with Crippen molar-refractivity contribution in [3.8, 4) is 11.1 Å². The zero-order valence-electron chi connectivity index (χ0n) is 12.7. The van der Waals surface area contributed by atoms with Crippen LogP contribution in [0.3, 0.4) is 0 Å². The van der Waals surface area contributed by atoms with Gasteiger partial charge in [0.25, 0.3) is 0 Å². The molecule has 0 atom stereocenters. The predicted octanol–water partition coefficient (Wildman–Crippen LogP) is 2.93. The molecule has 3 N–H and O–H groups in total. The molecule has 6 heteroatoms. The quantitative estimate of drug-likeness (QED) is 0.734. The maximum Gasteiger partial charge on any atom is 0.147 e. The first-order valence-electron chi connectivity index (χ1n) is 7.38. The number of rotatable bonds is 8. The third kappa shape index (κ3) is 4.15. The summed E-state index contributed by atoms with van der Waals surface area (Å²) in [4.78, 5) is 6.57. The van der Waals surface area contributed by atoms with Gasteiger partial charge in [-0.1, -0.05) is 19.9 Å². The average Bonchev–Trinajstić information content (AvgIpc) is 2.89. The van der Waals surface area contributed by atoms with Gasteiger partial charge >= 0.3 is 0 Å². The molecule has 0 bridgehead atoms. The summed E-state index contributed by atoms with van der Waals surface area (Å²) in [6, 6.07) is 3.92. The Morgan fingerprint density at radius 2 is 2.14 bits per heavy atom. The Balaban J connectivity index is 1.96. The molecule has 21 heavy (non-hydrogen) atoms. The number of nitrogen functional groups attached to an aromatic ring is 1. The first-order chi connectivity index (χ1) is 10.3. The minimum Gasteiger partial charge on any atom is -0.382 e. The van der Waals surface area contributed by atoms with E-state index in [0.717, 1.165) is 48.7 Å². The van der Waals surface area contributed by atoms with Crippen LogP contribution in [0.2, 0.25) is 0 Å². The molecule has 0 aromatic carbocycles. The maximum atomic E-state index is 5.99. The van der Waals surface area contributed by atoms with Crippen LogP contribution >= 0.6 is 11.5 Å². The van der Waals surface area contributed by atoms with Gasteiger partial charge < -0.3 is 16.0 Å². The molecule has 2 aromatic heterocycles. The van der Waals surface area contributed by atoms with E-state index in [2.05, 4.69) is 33.4 Å². The number of nitrogens with two attached hydrogens (primary N) is 1. The van der Waals surface area contributed by atoms with Crippen molar-refractivity contribution in [1.82, 2.24) is 14.3 Å². The summed E-state index contributed by atoms with van der Waals surface area (Å²) in [6.07, 6.45) is 4.68. The topological polar surface area (TPSA) is 67.1 Å². The fraction of sp³-hybridized carbons (Fsp3) is 0.467. The van der Waals surface area contributed by atoms with Crippen molar-refractivity contribution >= 4 is 22.4 Å². The molecule has 5 nitrogen and oxygen atoms in total. The van der Waals surface area contributed by atoms with Gasteiger partial charge in [-0.05, 0) is 43.7 Å². The van der Waals surface area contributed by atoms with Crippen LogP contribution in [-0.4, -0.2) is 40.4 Å². The number of nitrogens with one attached hydrogen (secondary N) is 1. The van der Waals surface area contributed by atoms with Crippen LogP contribution in [-0.2, 0) is 0 Å². The summed E-state index contributed by atoms with van der Waals surface area (Å²) in [6.45, 7) is 8.63. The van der Waals surface area contributed by atoms with Gasteiger partial charge in [0.1, 0.15) is 10.8 Å². The number of hydrogen-bond donors (Lipinski definition) is 2. The molecular formula is C15H23N5S. The molecule has 0 saturated heterocycles. The molecule has 0 aliphatic rings. The van der Waals surface area contributed by atoms with Crippen molar-refractivity contribution in [2.45, 2.75) is 20.3 Å². The van der Waals surface area contributed by atoms with Gasteiger partial charge in [-0.15, -0.1) is 0 Å². The Morgan fingerprint density at radius 1 is 1.33 bits per heavy atom. The van der Waals surface area contributed by atoms with Gasteiger partial charge in [0.15, 0.2) is 0 Å². The maximum absolute atomic E-state index is 5.99. The van der Waals surface area contributed by atoms with E-state index in [1.165, 1.54) is 11.5 Å². The molecule has 0 amide bonds. The van der Waals surface area contributed by atoms with E-state index in [0.29, 0.717) is 5.82 Å². The SMILES string of the molecule is CCN(CC)CCCNc1snc(N)c1-c1cccnc1. The fourth-order valence-corrected chi connectivity index (χ4v) is 3.02. The molecule has 0 radical (unpaired) electrons. The largest absolute Gasteiger partial charge is 0.382 e. The highest BCUT2D eigenvalue weighted by Crippen LogP contribution is 2.36. The Hall–Kier alpha value is -1.66. The van der Waals surface area contributed by atoms with Crippen LogP contribution in [0.15, 0.2) is 24.5 Å². The van der Waals surface area contributed by atoms with Crippen molar-refractivity contribution in [2.75, 3.05) is 37.2 Å². The number of hydrogen-bond acceptors (Lipinski definition) is 6. The van der Waals surface area contributed by atoms with E-state index in [9.17, 15) is 0 Å². The standard InChI is InChI=1S/C15H23N5S/c1-3-20(4-2)10-6-9-18-15-13(14(16)19-21-15)12-7-5-8-17-11-12/h5,7-8,11,18H,3-4,6,9-10H2,1-2H3,(H2,16,19). The van der Waals surface area contributed by atoms with Gasteiger partial charge in [0, 0.05) is 24.5 Å². The molecule has 0 aliphatic carbocycles. The first kappa shape index (κ1) is 15.7. The highest BCUT2D eigenvalue weighted by molar-refractivity contribution is 7.11. The lowest BCUT2D eigenvalue weighted by Crippen LogP contribution is -2.25. The van der Waals surface area contributed by atoms with Crippen LogP contribution in [0.25, 0.3) is 11.1 Å². The van der Waals surface area contributed by atoms with Gasteiger partial charge in [-0.25, -0.2) is 0 Å². The predicted molar refractivity (Wildman–Crippen MR) is 90.7 cm³/mol. The van der Waals surface area contributed by atoms with Crippen LogP contribution in [0.1, 0.15) is 20.3 Å². The zero-order valence-corrected chi connectivity index (χ0v) is 13.5. The highest BCUT2D eigenvalue weighted by Gasteiger charge is 2.13. The molecule has 2 rings (SSSR count). The van der Waals surface area contributed by atoms with Gasteiger partial charge in [0.2, 0.25) is 0 Å². The lowest BCUT2D eigenvalue weighted by Gasteiger charge is -2.17. The van der Waals surface area contributed by atoms with Gasteiger partial charge in [-0.3, -0.25) is 4.98 Å². The fourth-order valence-electron chi connectivity index (χ4n) is 2.26. The van der Waals surface area contributed by atoms with E-state index in [1.54, 1.807) is 6.20 Å². The molecular weight excluding hydrogens is 282 g/mol. The third-order valence-electron chi connectivity index (χ3n) is 3.50. The van der Waals surface area contributed by atoms with Crippen molar-refractivity contribution in [3.05, 3.63) is 24.5 Å². The Morgan fingerprint density at radius 3 is 2.81 bits per heavy atom. The second-order valence-electron chi connectivity index (χ2n) is 4.82. The number of aromatic nitrogens is 2. The summed E-state index contributed by atoms with van der Waals surface area (Å²) in [5.41, 5.74) is 7.97. The van der Waals surface area contributed by atoms with Crippen molar-refractivity contribution in [2.24, 2.45) is 0 Å². The first-order valence-corrected chi connectivity index (χ1v) is 8.15. The summed E-state index contributed by atoms with van der Waals surface area (Å²) in [7, 11) is 0. The Labute approximate surface area is 130 Å². The van der Waals surface area contributed by atoms with E-state index >= 15 is 0 Å². The molecule has 0 saturated carbocycles. The van der Waals surface area contributed by atoms with Gasteiger partial charge in [0.05, 0.1) is 5.56 Å². The number of nitrogens with zero attached hydrogens (tertiary/aromatic N) is 3. The molecule has 0 spiro atoms. The summed E-state index contributed by atoms with van der Waals surface area (Å²) >= 11 is 1.41. The van der Waals surface area contributed by atoms with E-state index in [-0.39, 0.29) is 0 Å². The monoisotopic (exact) mass is 305 g/mol. The van der Waals surface area contributed by atoms with Crippen LogP contribution in [0.5, 0.6) is 0 Å². The van der Waals surface area contributed by atoms with Crippen molar-refractivity contribution in [1.29, 1.82) is 0 Å². The lowest BCUT2D eigenvalue weighted by atomic mass is 10.1. The minimum atomic E-state index is 0.569. The smallest absolute Gasteiger partial charge is 0.147 e. The molecule has 0 fully saturated rings. The summed E-state index contributed by atoms with van der Waals surface area (Å²) in [5, 5.41) is 4.49. The van der Waals surface area contributed by atoms with E-state index in [4.69, 9.17) is 5.73 Å². The highest BCUT2D eigenvalue weighted by atomic mass is 32.1. The van der Waals surface area contributed by atoms with Crippen LogP contribution in [0, 0.1) is 0 Å². The second-order valence-corrected chi connectivity index (χ2v) is 5.59. The van der Waals surface area contributed by atoms with Crippen molar-refractivity contribution in [3.63, 3.8) is 0 Å². The number of pyridine rings is 1. The molecule has 0 unspecified atom stereocenters. The Kier molecular flexibility index (Phi) is 5.95. The molecule has 2 aromatic rings. The zero-order chi connectivity index (χ0) is 15.1. The third-order valence-corrected chi connectivity index (χ3v) is 4.32. The lowest BCUT2D eigenvalue weighted by molar-refractivity contribution is 0.303. The number of anilines is 2. The Bertz CT molecular complexity index is 536. The molecule has 0 aliphatic heterocycles. The minimum absolute atomic E-state index is 0.569. The van der Waals surface area contributed by atoms with E-state index < -0.39 is 0 Å². The summed E-state index contributed by atoms with van der Waals surface area (Å²) in [5.74, 6) is 0.569. The van der Waals surface area contributed by atoms with Crippen LogP contribution in [0.4, 0.5) is 10.8 Å². The normalized spacial score (nSPS) is 11.0. The van der Waals surface area contributed by atoms with Crippen LogP contribution < -0.4 is 11.1 Å². The van der Waals surface area contributed by atoms with E-state index in [1.807, 2.05) is 18.3 Å². The van der Waals surface area contributed by atoms with Crippen molar-refractivity contribution < 1.29 is 0 Å². The molecule has 2 heterocycles. The second kappa shape index (κ2) is 7.95. The summed E-state index contributed by atoms with van der Waals surface area (Å²) < 4.78 is 4.26.